The zero-order valence-electron chi connectivity index (χ0n) is 10.3. The van der Waals surface area contributed by atoms with E-state index >= 15 is 0 Å². The van der Waals surface area contributed by atoms with E-state index in [9.17, 15) is 9.59 Å². The van der Waals surface area contributed by atoms with Crippen molar-refractivity contribution in [3.05, 3.63) is 47.9 Å². The molecule has 0 aromatic heterocycles. The number of rotatable bonds is 3. The van der Waals surface area contributed by atoms with Gasteiger partial charge in [-0.25, -0.2) is 0 Å². The highest BCUT2D eigenvalue weighted by Gasteiger charge is 2.51. The fourth-order valence-corrected chi connectivity index (χ4v) is 3.08. The van der Waals surface area contributed by atoms with E-state index in [0.29, 0.717) is 11.3 Å². The standard InChI is InChI=1S/C13H11ClN2O3S/c14-6-9-7-16-12(18)10(13(16)20-19-9)15-11(17)8-4-2-1-3-5-8/h1-5,7,10,13H,6H2,(H,15,17)/t10?,13-/m1/s1. The molecule has 1 saturated heterocycles. The number of carbonyl (C=O) groups is 2. The predicted molar refractivity (Wildman–Crippen MR) is 75.8 cm³/mol. The fraction of sp³-hybridized carbons (Fsp3) is 0.231. The number of halogens is 1. The molecule has 7 heteroatoms. The number of allylic oxidation sites excluding steroid dienone is 1. The number of nitrogens with one attached hydrogen (secondary N) is 1. The van der Waals surface area contributed by atoms with Gasteiger partial charge in [0, 0.05) is 11.8 Å². The van der Waals surface area contributed by atoms with Gasteiger partial charge in [0.25, 0.3) is 11.8 Å². The zero-order valence-corrected chi connectivity index (χ0v) is 11.9. The lowest BCUT2D eigenvalue weighted by Crippen LogP contribution is -2.68. The summed E-state index contributed by atoms with van der Waals surface area (Å²) in [5.74, 6) is 0.327. The van der Waals surface area contributed by atoms with Crippen molar-refractivity contribution >= 4 is 35.5 Å². The number of nitrogens with zero attached hydrogens (tertiary/aromatic N) is 1. The van der Waals surface area contributed by atoms with Gasteiger partial charge in [-0.05, 0) is 12.1 Å². The van der Waals surface area contributed by atoms with Crippen molar-refractivity contribution in [2.24, 2.45) is 0 Å². The Morgan fingerprint density at radius 3 is 2.85 bits per heavy atom. The van der Waals surface area contributed by atoms with Gasteiger partial charge in [0.2, 0.25) is 0 Å². The normalized spacial score (nSPS) is 24.1. The van der Waals surface area contributed by atoms with Crippen molar-refractivity contribution in [3.63, 3.8) is 0 Å². The van der Waals surface area contributed by atoms with Crippen LogP contribution in [-0.4, -0.2) is 34.0 Å². The summed E-state index contributed by atoms with van der Waals surface area (Å²) >= 11 is 6.78. The number of β-lactam (4-membered cyclic amide) rings is 1. The second-order valence-electron chi connectivity index (χ2n) is 4.36. The molecule has 0 saturated carbocycles. The quantitative estimate of drug-likeness (QED) is 0.524. The smallest absolute Gasteiger partial charge is 0.253 e. The highest BCUT2D eigenvalue weighted by molar-refractivity contribution is 7.95. The Balaban J connectivity index is 1.68. The maximum absolute atomic E-state index is 12.0. The molecule has 1 N–H and O–H groups in total. The molecule has 2 atom stereocenters. The first-order chi connectivity index (χ1) is 9.70. The highest BCUT2D eigenvalue weighted by Crippen LogP contribution is 2.37. The lowest BCUT2D eigenvalue weighted by atomic mass is 10.1. The van der Waals surface area contributed by atoms with Crippen LogP contribution >= 0.6 is 23.6 Å². The molecule has 1 fully saturated rings. The number of hydrogen-bond donors (Lipinski definition) is 1. The number of benzene rings is 1. The van der Waals surface area contributed by atoms with E-state index in [1.807, 2.05) is 6.07 Å². The average molecular weight is 311 g/mol. The maximum Gasteiger partial charge on any atom is 0.253 e. The van der Waals surface area contributed by atoms with Crippen LogP contribution in [-0.2, 0) is 8.98 Å². The lowest BCUT2D eigenvalue weighted by Gasteiger charge is -2.45. The van der Waals surface area contributed by atoms with Crippen LogP contribution in [0.3, 0.4) is 0 Å². The van der Waals surface area contributed by atoms with E-state index in [-0.39, 0.29) is 23.1 Å². The van der Waals surface area contributed by atoms with Crippen molar-refractivity contribution in [3.8, 4) is 0 Å². The van der Waals surface area contributed by atoms with Gasteiger partial charge in [0.05, 0.1) is 17.9 Å². The molecule has 1 aromatic rings. The number of alkyl halides is 1. The Hall–Kier alpha value is -1.66. The summed E-state index contributed by atoms with van der Waals surface area (Å²) in [4.78, 5) is 25.5. The van der Waals surface area contributed by atoms with Crippen molar-refractivity contribution in [1.29, 1.82) is 0 Å². The van der Waals surface area contributed by atoms with Crippen LogP contribution < -0.4 is 5.32 Å². The molecule has 2 heterocycles. The second kappa shape index (κ2) is 5.38. The summed E-state index contributed by atoms with van der Waals surface area (Å²) in [5.41, 5.74) is 0.525. The third-order valence-electron chi connectivity index (χ3n) is 3.07. The Morgan fingerprint density at radius 1 is 1.40 bits per heavy atom. The van der Waals surface area contributed by atoms with E-state index in [2.05, 4.69) is 5.32 Å². The maximum atomic E-state index is 12.0. The van der Waals surface area contributed by atoms with Gasteiger partial charge < -0.3 is 9.50 Å². The van der Waals surface area contributed by atoms with Crippen molar-refractivity contribution in [2.45, 2.75) is 11.4 Å². The van der Waals surface area contributed by atoms with Crippen LogP contribution in [0.1, 0.15) is 10.4 Å². The Kier molecular flexibility index (Phi) is 3.58. The Morgan fingerprint density at radius 2 is 2.15 bits per heavy atom. The number of amides is 2. The molecule has 2 aliphatic rings. The molecule has 0 spiro atoms. The fourth-order valence-electron chi connectivity index (χ4n) is 2.02. The summed E-state index contributed by atoms with van der Waals surface area (Å²) in [6.07, 6.45) is 1.58. The highest BCUT2D eigenvalue weighted by atomic mass is 35.5. The first-order valence-electron chi connectivity index (χ1n) is 5.99. The molecule has 104 valence electrons. The molecular formula is C13H11ClN2O3S. The topological polar surface area (TPSA) is 58.6 Å². The predicted octanol–water partition coefficient (Wildman–Crippen LogP) is 1.71. The van der Waals surface area contributed by atoms with Gasteiger partial charge >= 0.3 is 0 Å². The number of fused-ring (bicyclic) bond motifs is 1. The molecule has 0 bridgehead atoms. The van der Waals surface area contributed by atoms with Crippen molar-refractivity contribution in [1.82, 2.24) is 10.2 Å². The molecule has 20 heavy (non-hydrogen) atoms. The number of carbonyl (C=O) groups excluding carboxylic acids is 2. The summed E-state index contributed by atoms with van der Waals surface area (Å²) in [7, 11) is 0. The zero-order chi connectivity index (χ0) is 14.1. The van der Waals surface area contributed by atoms with Crippen LogP contribution in [0.15, 0.2) is 42.3 Å². The van der Waals surface area contributed by atoms with Crippen molar-refractivity contribution in [2.75, 3.05) is 5.88 Å². The first kappa shape index (κ1) is 13.3. The van der Waals surface area contributed by atoms with Crippen LogP contribution in [0.5, 0.6) is 0 Å². The number of hydrogen-bond acceptors (Lipinski definition) is 4. The molecule has 5 nitrogen and oxygen atoms in total. The van der Waals surface area contributed by atoms with Crippen LogP contribution in [0.25, 0.3) is 0 Å². The third-order valence-corrected chi connectivity index (χ3v) is 4.34. The van der Waals surface area contributed by atoms with Gasteiger partial charge in [-0.3, -0.25) is 14.5 Å². The Bertz CT molecular complexity index is 578. The van der Waals surface area contributed by atoms with Gasteiger partial charge in [0.1, 0.15) is 17.2 Å². The lowest BCUT2D eigenvalue weighted by molar-refractivity contribution is -0.142. The molecule has 3 rings (SSSR count). The second-order valence-corrected chi connectivity index (χ2v) is 5.47. The molecule has 0 radical (unpaired) electrons. The average Bonchev–Trinajstić information content (AvgIpc) is 2.52. The van der Waals surface area contributed by atoms with Gasteiger partial charge in [-0.1, -0.05) is 18.2 Å². The minimum absolute atomic E-state index is 0.155. The van der Waals surface area contributed by atoms with Crippen molar-refractivity contribution < 1.29 is 13.8 Å². The van der Waals surface area contributed by atoms with Crippen LogP contribution in [0, 0.1) is 0 Å². The Labute approximate surface area is 125 Å². The minimum atomic E-state index is -0.569. The van der Waals surface area contributed by atoms with Gasteiger partial charge in [-0.2, -0.15) is 0 Å². The summed E-state index contributed by atoms with van der Waals surface area (Å²) in [6.45, 7) is 0. The molecule has 1 unspecified atom stereocenters. The van der Waals surface area contributed by atoms with E-state index in [1.54, 1.807) is 30.5 Å². The third kappa shape index (κ3) is 2.25. The summed E-state index contributed by atoms with van der Waals surface area (Å²) in [6, 6.07) is 8.21. The molecule has 2 amide bonds. The van der Waals surface area contributed by atoms with Gasteiger partial charge in [0.15, 0.2) is 0 Å². The molecule has 2 aliphatic heterocycles. The van der Waals surface area contributed by atoms with Gasteiger partial charge in [-0.15, -0.1) is 11.6 Å². The minimum Gasteiger partial charge on any atom is -0.425 e. The van der Waals surface area contributed by atoms with E-state index in [4.69, 9.17) is 15.8 Å². The molecule has 0 aliphatic carbocycles. The summed E-state index contributed by atoms with van der Waals surface area (Å²) in [5, 5.41) is 2.49. The summed E-state index contributed by atoms with van der Waals surface area (Å²) < 4.78 is 5.33. The first-order valence-corrected chi connectivity index (χ1v) is 7.32. The molecular weight excluding hydrogens is 300 g/mol. The monoisotopic (exact) mass is 310 g/mol. The largest absolute Gasteiger partial charge is 0.425 e. The van der Waals surface area contributed by atoms with Crippen LogP contribution in [0.4, 0.5) is 0 Å². The van der Waals surface area contributed by atoms with E-state index in [1.165, 1.54) is 4.90 Å². The molecule has 1 aromatic carbocycles. The van der Waals surface area contributed by atoms with E-state index < -0.39 is 6.04 Å². The van der Waals surface area contributed by atoms with E-state index in [0.717, 1.165) is 12.0 Å². The SMILES string of the molecule is O=C(NC1C(=O)N2C=C(CCl)OS[C@H]12)c1ccccc1. The van der Waals surface area contributed by atoms with Crippen LogP contribution in [0.2, 0.25) is 0 Å².